The first-order valence-electron chi connectivity index (χ1n) is 6.81. The van der Waals surface area contributed by atoms with Crippen LogP contribution in [-0.4, -0.2) is 20.2 Å². The molecule has 0 spiro atoms. The topological polar surface area (TPSA) is 21.3 Å². The first-order valence-corrected chi connectivity index (χ1v) is 7.60. The summed E-state index contributed by atoms with van der Waals surface area (Å²) in [6, 6.07) is 8.42. The van der Waals surface area contributed by atoms with Crippen molar-refractivity contribution in [3.05, 3.63) is 34.3 Å². The predicted octanol–water partition coefficient (Wildman–Crippen LogP) is 3.92. The van der Waals surface area contributed by atoms with Crippen LogP contribution in [0.1, 0.15) is 37.4 Å². The second kappa shape index (κ2) is 7.27. The molecule has 100 valence electrons. The van der Waals surface area contributed by atoms with E-state index in [0.717, 1.165) is 23.5 Å². The summed E-state index contributed by atoms with van der Waals surface area (Å²) < 4.78 is 7.15. The van der Waals surface area contributed by atoms with Crippen LogP contribution in [0.15, 0.2) is 28.7 Å². The summed E-state index contributed by atoms with van der Waals surface area (Å²) in [5, 5.41) is 3.21. The van der Waals surface area contributed by atoms with Gasteiger partial charge in [-0.1, -0.05) is 47.3 Å². The molecule has 0 saturated heterocycles. The van der Waals surface area contributed by atoms with Gasteiger partial charge in [-0.15, -0.1) is 0 Å². The first-order chi connectivity index (χ1) is 8.79. The van der Waals surface area contributed by atoms with E-state index in [9.17, 15) is 0 Å². The molecule has 1 aromatic carbocycles. The number of nitrogens with one attached hydrogen (secondary N) is 1. The zero-order chi connectivity index (χ0) is 12.8. The van der Waals surface area contributed by atoms with Crippen LogP contribution < -0.4 is 5.32 Å². The molecule has 0 radical (unpaired) electrons. The number of likely N-dealkylation sites (N-methyl/N-ethyl adjacent to an activating group) is 1. The largest absolute Gasteiger partial charge is 0.372 e. The maximum absolute atomic E-state index is 6.04. The van der Waals surface area contributed by atoms with Crippen molar-refractivity contribution in [3.8, 4) is 0 Å². The Morgan fingerprint density at radius 2 is 2.06 bits per heavy atom. The highest BCUT2D eigenvalue weighted by molar-refractivity contribution is 9.10. The van der Waals surface area contributed by atoms with E-state index in [2.05, 4.69) is 45.5 Å². The molecule has 1 aliphatic carbocycles. The molecule has 1 aromatic rings. The summed E-state index contributed by atoms with van der Waals surface area (Å²) in [7, 11) is 1.97. The Kier molecular flexibility index (Phi) is 5.67. The Labute approximate surface area is 118 Å². The summed E-state index contributed by atoms with van der Waals surface area (Å²) in [5.41, 5.74) is 1.25. The van der Waals surface area contributed by atoms with Crippen molar-refractivity contribution in [3.63, 3.8) is 0 Å². The van der Waals surface area contributed by atoms with E-state index in [0.29, 0.717) is 0 Å². The van der Waals surface area contributed by atoms with Crippen molar-refractivity contribution in [1.29, 1.82) is 0 Å². The summed E-state index contributed by atoms with van der Waals surface area (Å²) in [6.07, 6.45) is 5.60. The second-order valence-electron chi connectivity index (χ2n) is 5.05. The molecule has 0 aliphatic heterocycles. The monoisotopic (exact) mass is 311 g/mol. The molecule has 0 amide bonds. The lowest BCUT2D eigenvalue weighted by atomic mass is 9.83. The minimum atomic E-state index is 0.170. The average molecular weight is 312 g/mol. The molecule has 1 aliphatic rings. The molecule has 1 fully saturated rings. The van der Waals surface area contributed by atoms with Gasteiger partial charge in [0.2, 0.25) is 0 Å². The van der Waals surface area contributed by atoms with Crippen LogP contribution in [0.2, 0.25) is 0 Å². The normalized spacial score (nSPS) is 17.4. The van der Waals surface area contributed by atoms with Gasteiger partial charge >= 0.3 is 0 Å². The Hall–Kier alpha value is -0.380. The van der Waals surface area contributed by atoms with Gasteiger partial charge in [0, 0.05) is 17.6 Å². The van der Waals surface area contributed by atoms with Gasteiger partial charge in [0.25, 0.3) is 0 Å². The van der Waals surface area contributed by atoms with Crippen LogP contribution in [0.25, 0.3) is 0 Å². The van der Waals surface area contributed by atoms with Gasteiger partial charge in [0.1, 0.15) is 0 Å². The third-order valence-corrected chi connectivity index (χ3v) is 4.23. The molecule has 3 heteroatoms. The second-order valence-corrected chi connectivity index (χ2v) is 5.97. The smallest absolute Gasteiger partial charge is 0.0949 e. The SMILES string of the molecule is CNCC(OCCC1CCC1)c1ccc(Br)cc1. The molecular weight excluding hydrogens is 290 g/mol. The van der Waals surface area contributed by atoms with Gasteiger partial charge in [-0.2, -0.15) is 0 Å². The molecule has 18 heavy (non-hydrogen) atoms. The lowest BCUT2D eigenvalue weighted by Gasteiger charge is -2.26. The van der Waals surface area contributed by atoms with Gasteiger partial charge in [-0.25, -0.2) is 0 Å². The van der Waals surface area contributed by atoms with Crippen molar-refractivity contribution in [2.24, 2.45) is 5.92 Å². The summed E-state index contributed by atoms with van der Waals surface area (Å²) in [5.74, 6) is 0.921. The lowest BCUT2D eigenvalue weighted by Crippen LogP contribution is -2.21. The maximum Gasteiger partial charge on any atom is 0.0949 e. The number of halogens is 1. The quantitative estimate of drug-likeness (QED) is 0.824. The Morgan fingerprint density at radius 1 is 1.33 bits per heavy atom. The molecule has 0 aromatic heterocycles. The van der Waals surface area contributed by atoms with Crippen molar-refractivity contribution < 1.29 is 4.74 Å². The number of hydrogen-bond acceptors (Lipinski definition) is 2. The Morgan fingerprint density at radius 3 is 2.61 bits per heavy atom. The fourth-order valence-electron chi connectivity index (χ4n) is 2.29. The fourth-order valence-corrected chi connectivity index (χ4v) is 2.56. The molecule has 2 rings (SSSR count). The van der Waals surface area contributed by atoms with Crippen LogP contribution >= 0.6 is 15.9 Å². The van der Waals surface area contributed by atoms with Crippen LogP contribution in [0, 0.1) is 5.92 Å². The Bertz CT molecular complexity index is 348. The van der Waals surface area contributed by atoms with Crippen LogP contribution in [0.3, 0.4) is 0 Å². The van der Waals surface area contributed by atoms with Gasteiger partial charge in [0.05, 0.1) is 6.10 Å². The molecule has 0 bridgehead atoms. The highest BCUT2D eigenvalue weighted by Crippen LogP contribution is 2.30. The van der Waals surface area contributed by atoms with E-state index in [4.69, 9.17) is 4.74 Å². The third kappa shape index (κ3) is 4.08. The van der Waals surface area contributed by atoms with Crippen LogP contribution in [-0.2, 0) is 4.74 Å². The fraction of sp³-hybridized carbons (Fsp3) is 0.600. The molecule has 0 heterocycles. The van der Waals surface area contributed by atoms with Crippen molar-refractivity contribution in [2.75, 3.05) is 20.2 Å². The highest BCUT2D eigenvalue weighted by atomic mass is 79.9. The summed E-state index contributed by atoms with van der Waals surface area (Å²) in [4.78, 5) is 0. The highest BCUT2D eigenvalue weighted by Gasteiger charge is 2.18. The van der Waals surface area contributed by atoms with Gasteiger partial charge < -0.3 is 10.1 Å². The van der Waals surface area contributed by atoms with E-state index in [1.165, 1.54) is 31.2 Å². The molecule has 2 nitrogen and oxygen atoms in total. The third-order valence-electron chi connectivity index (χ3n) is 3.70. The van der Waals surface area contributed by atoms with Crippen molar-refractivity contribution in [1.82, 2.24) is 5.32 Å². The van der Waals surface area contributed by atoms with Crippen LogP contribution in [0.5, 0.6) is 0 Å². The van der Waals surface area contributed by atoms with Crippen molar-refractivity contribution in [2.45, 2.75) is 31.8 Å². The molecule has 1 unspecified atom stereocenters. The first kappa shape index (κ1) is 14.0. The average Bonchev–Trinajstić information content (AvgIpc) is 2.32. The minimum Gasteiger partial charge on any atom is -0.372 e. The zero-order valence-corrected chi connectivity index (χ0v) is 12.6. The maximum atomic E-state index is 6.04. The summed E-state index contributed by atoms with van der Waals surface area (Å²) in [6.45, 7) is 1.75. The van der Waals surface area contributed by atoms with Gasteiger partial charge in [0.15, 0.2) is 0 Å². The minimum absolute atomic E-state index is 0.170. The molecule has 1 N–H and O–H groups in total. The zero-order valence-electron chi connectivity index (χ0n) is 11.0. The molecule has 1 saturated carbocycles. The number of hydrogen-bond donors (Lipinski definition) is 1. The molecular formula is C15H22BrNO. The number of benzene rings is 1. The Balaban J connectivity index is 1.83. The van der Waals surface area contributed by atoms with E-state index in [1.807, 2.05) is 7.05 Å². The van der Waals surface area contributed by atoms with E-state index in [1.54, 1.807) is 0 Å². The predicted molar refractivity (Wildman–Crippen MR) is 78.7 cm³/mol. The van der Waals surface area contributed by atoms with Crippen LogP contribution in [0.4, 0.5) is 0 Å². The van der Waals surface area contributed by atoms with E-state index in [-0.39, 0.29) is 6.10 Å². The molecule has 1 atom stereocenters. The summed E-state index contributed by atoms with van der Waals surface area (Å²) >= 11 is 3.47. The number of rotatable bonds is 7. The number of ether oxygens (including phenoxy) is 1. The van der Waals surface area contributed by atoms with Gasteiger partial charge in [-0.3, -0.25) is 0 Å². The lowest BCUT2D eigenvalue weighted by molar-refractivity contribution is 0.0383. The standard InChI is InChI=1S/C15H22BrNO/c1-17-11-15(13-5-7-14(16)8-6-13)18-10-9-12-3-2-4-12/h5-8,12,15,17H,2-4,9-11H2,1H3. The van der Waals surface area contributed by atoms with Crippen molar-refractivity contribution >= 4 is 15.9 Å². The van der Waals surface area contributed by atoms with Gasteiger partial charge in [-0.05, 0) is 37.1 Å². The van der Waals surface area contributed by atoms with E-state index < -0.39 is 0 Å². The van der Waals surface area contributed by atoms with E-state index >= 15 is 0 Å².